The van der Waals surface area contributed by atoms with Crippen molar-refractivity contribution < 1.29 is 13.9 Å². The zero-order valence-corrected chi connectivity index (χ0v) is 24.8. The number of quaternary nitrogens is 1. The van der Waals surface area contributed by atoms with E-state index in [4.69, 9.17) is 0 Å². The van der Waals surface area contributed by atoms with Gasteiger partial charge in [-0.3, -0.25) is 4.48 Å². The van der Waals surface area contributed by atoms with Gasteiger partial charge >= 0.3 is 8.03 Å². The van der Waals surface area contributed by atoms with Crippen LogP contribution in [0.4, 0.5) is 0 Å². The minimum absolute atomic E-state index is 0.511. The van der Waals surface area contributed by atoms with Crippen molar-refractivity contribution in [2.24, 2.45) is 0 Å². The van der Waals surface area contributed by atoms with Crippen LogP contribution in [0.5, 0.6) is 0 Å². The van der Waals surface area contributed by atoms with Crippen LogP contribution in [0.3, 0.4) is 0 Å². The average molecular weight is 499 g/mol. The first-order valence-electron chi connectivity index (χ1n) is 14.9. The van der Waals surface area contributed by atoms with Crippen LogP contribution in [0.25, 0.3) is 0 Å². The molecule has 4 heteroatoms. The number of hydrogen-bond donors (Lipinski definition) is 0. The van der Waals surface area contributed by atoms with Crippen molar-refractivity contribution in [2.45, 2.75) is 160 Å². The minimum atomic E-state index is -2.42. The lowest BCUT2D eigenvalue weighted by Gasteiger charge is -2.39. The fourth-order valence-corrected chi connectivity index (χ4v) is 6.26. The third-order valence-electron chi connectivity index (χ3n) is 7.74. The summed E-state index contributed by atoms with van der Waals surface area (Å²) in [5.74, 6) is 0. The Labute approximate surface area is 215 Å². The average Bonchev–Trinajstić information content (AvgIpc) is 2.78. The lowest BCUT2D eigenvalue weighted by atomic mass is 10.0. The highest BCUT2D eigenvalue weighted by molar-refractivity contribution is 7.38. The molecule has 0 aliphatic rings. The molecule has 2 atom stereocenters. The summed E-state index contributed by atoms with van der Waals surface area (Å²) in [6.07, 6.45) is 33.0. The van der Waals surface area contributed by atoms with Gasteiger partial charge in [0.05, 0.1) is 21.1 Å². The lowest BCUT2D eigenvalue weighted by molar-refractivity contribution is -0.910. The van der Waals surface area contributed by atoms with E-state index < -0.39 is 13.3 Å². The van der Waals surface area contributed by atoms with Gasteiger partial charge in [-0.25, -0.2) is 0 Å². The van der Waals surface area contributed by atoms with Crippen molar-refractivity contribution in [1.29, 1.82) is 0 Å². The lowest BCUT2D eigenvalue weighted by Crippen LogP contribution is -2.55. The third kappa shape index (κ3) is 16.4. The Hall–Kier alpha value is -0.240. The fraction of sp³-hybridized carbons (Fsp3) is 0.933. The molecule has 0 saturated heterocycles. The molecular formula is C30H61NO2P+. The van der Waals surface area contributed by atoms with Crippen LogP contribution in [0.15, 0.2) is 12.2 Å². The van der Waals surface area contributed by atoms with Gasteiger partial charge < -0.3 is 4.89 Å². The molecule has 0 aliphatic carbocycles. The molecule has 3 nitrogen and oxygen atoms in total. The summed E-state index contributed by atoms with van der Waals surface area (Å²) in [7, 11) is 3.63. The number of allylic oxidation sites excluding steroid dienone is 2. The highest BCUT2D eigenvalue weighted by Crippen LogP contribution is 2.44. The van der Waals surface area contributed by atoms with Gasteiger partial charge in [0.1, 0.15) is 0 Å². The van der Waals surface area contributed by atoms with E-state index >= 15 is 0 Å². The maximum absolute atomic E-state index is 12.0. The van der Waals surface area contributed by atoms with Crippen LogP contribution >= 0.6 is 8.03 Å². The van der Waals surface area contributed by atoms with E-state index in [0.717, 1.165) is 19.3 Å². The zero-order valence-electron chi connectivity index (χ0n) is 23.9. The fourth-order valence-electron chi connectivity index (χ4n) is 5.17. The number of rotatable bonds is 25. The van der Waals surface area contributed by atoms with Crippen molar-refractivity contribution in [3.63, 3.8) is 0 Å². The highest BCUT2D eigenvalue weighted by atomic mass is 31.1. The molecule has 0 spiro atoms. The van der Waals surface area contributed by atoms with Crippen molar-refractivity contribution in [3.8, 4) is 0 Å². The number of unbranched alkanes of at least 4 members (excludes halogenated alkanes) is 18. The molecule has 0 rings (SSSR count). The van der Waals surface area contributed by atoms with Gasteiger partial charge in [0.2, 0.25) is 0 Å². The zero-order chi connectivity index (χ0) is 25.5. The van der Waals surface area contributed by atoms with Crippen molar-refractivity contribution in [3.05, 3.63) is 12.2 Å². The molecule has 0 radical (unpaired) electrons. The molecule has 0 heterocycles. The van der Waals surface area contributed by atoms with E-state index in [9.17, 15) is 9.46 Å². The molecule has 0 aromatic rings. The minimum Gasteiger partial charge on any atom is -0.590 e. The molecule has 0 N–H and O–H groups in total. The van der Waals surface area contributed by atoms with Gasteiger partial charge in [-0.1, -0.05) is 127 Å². The number of nitrogens with zero attached hydrogens (tertiary/aromatic N) is 1. The molecule has 2 unspecified atom stereocenters. The Bertz CT molecular complexity index is 501. The summed E-state index contributed by atoms with van der Waals surface area (Å²) in [5, 5.41) is -0.599. The van der Waals surface area contributed by atoms with Crippen LogP contribution in [-0.2, 0) is 4.57 Å². The summed E-state index contributed by atoms with van der Waals surface area (Å²) < 4.78 is 12.5. The predicted octanol–water partition coefficient (Wildman–Crippen LogP) is 9.67. The van der Waals surface area contributed by atoms with Crippen LogP contribution in [0.1, 0.15) is 155 Å². The SMILES string of the molecule is CCCCCCCCCC/C=C\CCCCCCCCCCCCC(CC)([P+](=O)[O-])[N+](C)(C)C. The second kappa shape index (κ2) is 22.0. The Morgan fingerprint density at radius 2 is 0.971 bits per heavy atom. The van der Waals surface area contributed by atoms with Crippen molar-refractivity contribution >= 4 is 8.03 Å². The summed E-state index contributed by atoms with van der Waals surface area (Å²) in [4.78, 5) is 12.0. The number of hydrogen-bond acceptors (Lipinski definition) is 2. The molecule has 0 aromatic heterocycles. The molecule has 0 fully saturated rings. The van der Waals surface area contributed by atoms with Crippen molar-refractivity contribution in [2.75, 3.05) is 21.1 Å². The van der Waals surface area contributed by atoms with Crippen LogP contribution < -0.4 is 4.89 Å². The van der Waals surface area contributed by atoms with Crippen molar-refractivity contribution in [1.82, 2.24) is 0 Å². The largest absolute Gasteiger partial charge is 0.590 e. The Kier molecular flexibility index (Phi) is 21.8. The smallest absolute Gasteiger partial charge is 0.376 e. The second-order valence-corrected chi connectivity index (χ2v) is 12.8. The Balaban J connectivity index is 3.47. The maximum Gasteiger partial charge on any atom is 0.376 e. The highest BCUT2D eigenvalue weighted by Gasteiger charge is 2.52. The predicted molar refractivity (Wildman–Crippen MR) is 150 cm³/mol. The van der Waals surface area contributed by atoms with Gasteiger partial charge in [-0.05, 0) is 32.1 Å². The quantitative estimate of drug-likeness (QED) is 0.0544. The molecule has 202 valence electrons. The molecular weight excluding hydrogens is 437 g/mol. The Morgan fingerprint density at radius 3 is 1.29 bits per heavy atom. The molecule has 0 aliphatic heterocycles. The molecule has 0 aromatic carbocycles. The van der Waals surface area contributed by atoms with E-state index in [1.165, 1.54) is 116 Å². The van der Waals surface area contributed by atoms with Crippen LogP contribution in [0, 0.1) is 0 Å². The first-order valence-corrected chi connectivity index (χ1v) is 16.1. The summed E-state index contributed by atoms with van der Waals surface area (Å²) in [5.41, 5.74) is 0. The third-order valence-corrected chi connectivity index (χ3v) is 9.56. The monoisotopic (exact) mass is 498 g/mol. The normalized spacial score (nSPS) is 14.6. The molecule has 0 bridgehead atoms. The van der Waals surface area contributed by atoms with E-state index in [1.807, 2.05) is 28.1 Å². The molecule has 0 amide bonds. The van der Waals surface area contributed by atoms with Gasteiger partial charge in [0.15, 0.2) is 0 Å². The van der Waals surface area contributed by atoms with Crippen LogP contribution in [0.2, 0.25) is 0 Å². The summed E-state index contributed by atoms with van der Waals surface area (Å²) in [6, 6.07) is 0. The summed E-state index contributed by atoms with van der Waals surface area (Å²) in [6.45, 7) is 4.30. The molecule has 0 saturated carbocycles. The van der Waals surface area contributed by atoms with Gasteiger partial charge in [-0.15, -0.1) is 0 Å². The van der Waals surface area contributed by atoms with Gasteiger partial charge in [-0.2, -0.15) is 0 Å². The molecule has 34 heavy (non-hydrogen) atoms. The van der Waals surface area contributed by atoms with E-state index in [-0.39, 0.29) is 0 Å². The van der Waals surface area contributed by atoms with E-state index in [2.05, 4.69) is 19.1 Å². The van der Waals surface area contributed by atoms with Crippen LogP contribution in [-0.4, -0.2) is 30.9 Å². The summed E-state index contributed by atoms with van der Waals surface area (Å²) >= 11 is 0. The first kappa shape index (κ1) is 33.8. The maximum atomic E-state index is 12.0. The Morgan fingerprint density at radius 1 is 0.618 bits per heavy atom. The van der Waals surface area contributed by atoms with E-state index in [1.54, 1.807) is 0 Å². The topological polar surface area (TPSA) is 40.1 Å². The first-order chi connectivity index (χ1) is 16.3. The van der Waals surface area contributed by atoms with Gasteiger partial charge in [0.25, 0.3) is 5.28 Å². The standard InChI is InChI=1S/C30H61NO2P/c1-6-8-9-10-11-12-13-14-15-16-17-18-19-20-21-22-23-24-25-26-27-28-29-30(7-2,34(32)33)31(3,4)5/h16-17H,6-15,18-29H2,1-5H3/q+1/b17-16-. The second-order valence-electron chi connectivity index (χ2n) is 11.4. The van der Waals surface area contributed by atoms with Gasteiger partial charge in [0, 0.05) is 12.8 Å². The van der Waals surface area contributed by atoms with E-state index in [0.29, 0.717) is 10.9 Å².